The number of phenols is 1. The second kappa shape index (κ2) is 10.6. The summed E-state index contributed by atoms with van der Waals surface area (Å²) < 4.78 is 11.6. The lowest BCUT2D eigenvalue weighted by Gasteiger charge is -2.39. The highest BCUT2D eigenvalue weighted by molar-refractivity contribution is 5.55. The third-order valence-corrected chi connectivity index (χ3v) is 7.48. The highest BCUT2D eigenvalue weighted by atomic mass is 16.5. The van der Waals surface area contributed by atoms with Crippen molar-refractivity contribution in [1.82, 2.24) is 5.32 Å². The van der Waals surface area contributed by atoms with Crippen molar-refractivity contribution in [3.63, 3.8) is 0 Å². The molecule has 35 heavy (non-hydrogen) atoms. The largest absolute Gasteiger partial charge is 0.508 e. The van der Waals surface area contributed by atoms with E-state index in [2.05, 4.69) is 59.6 Å². The van der Waals surface area contributed by atoms with Crippen molar-refractivity contribution in [1.29, 1.82) is 0 Å². The van der Waals surface area contributed by atoms with E-state index in [1.807, 2.05) is 18.2 Å². The molecule has 1 fully saturated rings. The number of aromatic hydroxyl groups is 1. The van der Waals surface area contributed by atoms with E-state index in [9.17, 15) is 5.11 Å². The van der Waals surface area contributed by atoms with Gasteiger partial charge in [0.1, 0.15) is 23.4 Å². The van der Waals surface area contributed by atoms with Crippen LogP contribution in [0.3, 0.4) is 0 Å². The summed E-state index contributed by atoms with van der Waals surface area (Å²) in [5.41, 5.74) is 4.96. The van der Waals surface area contributed by atoms with Gasteiger partial charge in [-0.25, -0.2) is 0 Å². The van der Waals surface area contributed by atoms with Crippen molar-refractivity contribution in [2.24, 2.45) is 0 Å². The van der Waals surface area contributed by atoms with Gasteiger partial charge in [0.25, 0.3) is 0 Å². The molecule has 3 aromatic rings. The summed E-state index contributed by atoms with van der Waals surface area (Å²) in [7, 11) is 1.70. The number of nitrogens with one attached hydrogen (secondary N) is 1. The zero-order valence-corrected chi connectivity index (χ0v) is 20.7. The topological polar surface area (TPSA) is 54.0 Å². The van der Waals surface area contributed by atoms with E-state index in [0.29, 0.717) is 11.8 Å². The van der Waals surface area contributed by atoms with Crippen molar-refractivity contribution in [3.8, 4) is 17.2 Å². The Balaban J connectivity index is 1.35. The van der Waals surface area contributed by atoms with E-state index >= 15 is 0 Å². The standard InChI is InChI=1S/C30H36N2O3/c1-21(29-5-3-4-17-31-29)35-27-11-6-22(7-12-27)19-30-28-15-10-25(33)20-23(28)16-18-32(30)24-8-13-26(34-2)14-9-24/h6-15,20-21,29-31,33H,3-5,16-19H2,1-2H3. The highest BCUT2D eigenvalue weighted by Gasteiger charge is 2.28. The molecule has 2 aliphatic rings. The third kappa shape index (κ3) is 5.40. The second-order valence-electron chi connectivity index (χ2n) is 9.77. The molecule has 5 heteroatoms. The van der Waals surface area contributed by atoms with Crippen LogP contribution in [-0.4, -0.2) is 37.5 Å². The van der Waals surface area contributed by atoms with Gasteiger partial charge in [0.15, 0.2) is 0 Å². The van der Waals surface area contributed by atoms with Crippen molar-refractivity contribution in [2.75, 3.05) is 25.1 Å². The Morgan fingerprint density at radius 3 is 2.49 bits per heavy atom. The minimum Gasteiger partial charge on any atom is -0.508 e. The van der Waals surface area contributed by atoms with Crippen LogP contribution < -0.4 is 19.7 Å². The van der Waals surface area contributed by atoms with Crippen LogP contribution in [0.4, 0.5) is 5.69 Å². The summed E-state index contributed by atoms with van der Waals surface area (Å²) in [6.45, 7) is 4.15. The molecule has 5 rings (SSSR count). The molecule has 0 radical (unpaired) electrons. The molecule has 0 bridgehead atoms. The molecule has 2 N–H and O–H groups in total. The minimum atomic E-state index is 0.157. The van der Waals surface area contributed by atoms with Crippen LogP contribution >= 0.6 is 0 Å². The summed E-state index contributed by atoms with van der Waals surface area (Å²) in [6, 6.07) is 23.3. The number of methoxy groups -OCH3 is 1. The summed E-state index contributed by atoms with van der Waals surface area (Å²) in [5, 5.41) is 13.6. The van der Waals surface area contributed by atoms with E-state index in [4.69, 9.17) is 9.47 Å². The van der Waals surface area contributed by atoms with E-state index in [1.165, 1.54) is 41.6 Å². The lowest BCUT2D eigenvalue weighted by molar-refractivity contribution is 0.152. The Hall–Kier alpha value is -3.18. The molecule has 0 saturated carbocycles. The lowest BCUT2D eigenvalue weighted by atomic mass is 9.88. The Bertz CT molecular complexity index is 1110. The zero-order valence-electron chi connectivity index (χ0n) is 20.7. The van der Waals surface area contributed by atoms with Gasteiger partial charge in [-0.1, -0.05) is 24.6 Å². The number of rotatable bonds is 7. The molecule has 2 heterocycles. The molecule has 0 aromatic heterocycles. The molecule has 5 nitrogen and oxygen atoms in total. The Morgan fingerprint density at radius 2 is 1.77 bits per heavy atom. The maximum atomic E-state index is 10.1. The molecule has 0 aliphatic carbocycles. The number of phenolic OH excluding ortho intramolecular Hbond substituents is 1. The number of hydrogen-bond donors (Lipinski definition) is 2. The van der Waals surface area contributed by atoms with Crippen molar-refractivity contribution >= 4 is 5.69 Å². The van der Waals surface area contributed by atoms with Gasteiger partial charge in [-0.3, -0.25) is 0 Å². The first-order valence-electron chi connectivity index (χ1n) is 12.8. The molecule has 3 unspecified atom stereocenters. The first-order chi connectivity index (χ1) is 17.1. The number of anilines is 1. The molecule has 0 spiro atoms. The van der Waals surface area contributed by atoms with Crippen LogP contribution in [0.15, 0.2) is 66.7 Å². The first-order valence-corrected chi connectivity index (χ1v) is 12.8. The van der Waals surface area contributed by atoms with Gasteiger partial charge >= 0.3 is 0 Å². The number of ether oxygens (including phenoxy) is 2. The molecule has 0 amide bonds. The number of piperidine rings is 1. The lowest BCUT2D eigenvalue weighted by Crippen LogP contribution is -2.44. The summed E-state index contributed by atoms with van der Waals surface area (Å²) in [6.07, 6.45) is 5.66. The van der Waals surface area contributed by atoms with Crippen LogP contribution in [0.25, 0.3) is 0 Å². The van der Waals surface area contributed by atoms with Crippen molar-refractivity contribution < 1.29 is 14.6 Å². The average Bonchev–Trinajstić information content (AvgIpc) is 2.90. The van der Waals surface area contributed by atoms with Gasteiger partial charge in [0.2, 0.25) is 0 Å². The van der Waals surface area contributed by atoms with Gasteiger partial charge in [-0.2, -0.15) is 0 Å². The minimum absolute atomic E-state index is 0.157. The van der Waals surface area contributed by atoms with E-state index in [0.717, 1.165) is 37.4 Å². The fraction of sp³-hybridized carbons (Fsp3) is 0.400. The predicted octanol–water partition coefficient (Wildman–Crippen LogP) is 5.66. The van der Waals surface area contributed by atoms with Gasteiger partial charge in [0, 0.05) is 18.3 Å². The van der Waals surface area contributed by atoms with E-state index in [1.54, 1.807) is 13.2 Å². The van der Waals surface area contributed by atoms with Crippen LogP contribution in [0.1, 0.15) is 48.9 Å². The summed E-state index contributed by atoms with van der Waals surface area (Å²) in [4.78, 5) is 2.47. The fourth-order valence-electron chi connectivity index (χ4n) is 5.50. The maximum absolute atomic E-state index is 10.1. The number of fused-ring (bicyclic) bond motifs is 1. The Labute approximate surface area is 208 Å². The summed E-state index contributed by atoms with van der Waals surface area (Å²) >= 11 is 0. The predicted molar refractivity (Wildman–Crippen MR) is 141 cm³/mol. The maximum Gasteiger partial charge on any atom is 0.119 e. The van der Waals surface area contributed by atoms with Gasteiger partial charge < -0.3 is 24.8 Å². The average molecular weight is 473 g/mol. The smallest absolute Gasteiger partial charge is 0.119 e. The molecular formula is C30H36N2O3. The van der Waals surface area contributed by atoms with E-state index in [-0.39, 0.29) is 12.1 Å². The Morgan fingerprint density at radius 1 is 1.00 bits per heavy atom. The molecule has 3 atom stereocenters. The van der Waals surface area contributed by atoms with Crippen LogP contribution in [0.5, 0.6) is 17.2 Å². The van der Waals surface area contributed by atoms with Gasteiger partial charge in [-0.05, 0) is 104 Å². The second-order valence-corrected chi connectivity index (χ2v) is 9.77. The fourth-order valence-corrected chi connectivity index (χ4v) is 5.50. The number of nitrogens with zero attached hydrogens (tertiary/aromatic N) is 1. The molecule has 3 aromatic carbocycles. The third-order valence-electron chi connectivity index (χ3n) is 7.48. The Kier molecular flexibility index (Phi) is 7.14. The van der Waals surface area contributed by atoms with E-state index < -0.39 is 0 Å². The van der Waals surface area contributed by atoms with Gasteiger partial charge in [-0.15, -0.1) is 0 Å². The van der Waals surface area contributed by atoms with Crippen LogP contribution in [-0.2, 0) is 12.8 Å². The SMILES string of the molecule is COc1ccc(N2CCc3cc(O)ccc3C2Cc2ccc(OC(C)C3CCCCN3)cc2)cc1. The van der Waals surface area contributed by atoms with Crippen LogP contribution in [0, 0.1) is 0 Å². The normalized spacial score (nSPS) is 20.7. The number of benzene rings is 3. The quantitative estimate of drug-likeness (QED) is 0.465. The monoisotopic (exact) mass is 472 g/mol. The molecular weight excluding hydrogens is 436 g/mol. The van der Waals surface area contributed by atoms with Crippen LogP contribution in [0.2, 0.25) is 0 Å². The zero-order chi connectivity index (χ0) is 24.2. The van der Waals surface area contributed by atoms with Crippen molar-refractivity contribution in [3.05, 3.63) is 83.4 Å². The summed E-state index contributed by atoms with van der Waals surface area (Å²) in [5.74, 6) is 2.12. The molecule has 2 aliphatic heterocycles. The first kappa shape index (κ1) is 23.6. The van der Waals surface area contributed by atoms with Gasteiger partial charge in [0.05, 0.1) is 13.2 Å². The molecule has 1 saturated heterocycles. The number of hydrogen-bond acceptors (Lipinski definition) is 5. The highest BCUT2D eigenvalue weighted by Crippen LogP contribution is 2.38. The molecule has 184 valence electrons. The van der Waals surface area contributed by atoms with Crippen molar-refractivity contribution in [2.45, 2.75) is 57.2 Å².